The van der Waals surface area contributed by atoms with Gasteiger partial charge in [-0.15, -0.1) is 0 Å². The average molecular weight is 726 g/mol. The lowest BCUT2D eigenvalue weighted by molar-refractivity contribution is -0.138. The van der Waals surface area contributed by atoms with Crippen LogP contribution in [0.1, 0.15) is 51.8 Å². The van der Waals surface area contributed by atoms with Gasteiger partial charge in [-0.3, -0.25) is 9.59 Å². The number of amides is 2. The number of nitrogens with one attached hydrogen (secondary N) is 2. The van der Waals surface area contributed by atoms with E-state index in [9.17, 15) is 35.9 Å². The molecule has 50 heavy (non-hydrogen) atoms. The highest BCUT2D eigenvalue weighted by molar-refractivity contribution is 6.31. The van der Waals surface area contributed by atoms with Crippen molar-refractivity contribution < 1.29 is 45.4 Å². The molecule has 0 aromatic heterocycles. The average Bonchev–Trinajstić information content (AvgIpc) is 3.02. The molecule has 14 heteroatoms. The molecule has 0 fully saturated rings. The Balaban J connectivity index is 0.000000342. The molecule has 2 amide bonds. The Morgan fingerprint density at radius 3 is 1.66 bits per heavy atom. The van der Waals surface area contributed by atoms with E-state index in [0.29, 0.717) is 31.3 Å². The molecule has 270 valence electrons. The van der Waals surface area contributed by atoms with Crippen molar-refractivity contribution in [2.24, 2.45) is 0 Å². The number of halogens is 7. The summed E-state index contributed by atoms with van der Waals surface area (Å²) in [6.07, 6.45) is -9.07. The summed E-state index contributed by atoms with van der Waals surface area (Å²) in [5.74, 6) is -0.348. The molecule has 0 atom stereocenters. The molecule has 7 nitrogen and oxygen atoms in total. The Bertz CT molecular complexity index is 1750. The van der Waals surface area contributed by atoms with Gasteiger partial charge in [-0.05, 0) is 88.1 Å². The maximum absolute atomic E-state index is 12.9. The van der Waals surface area contributed by atoms with Crippen molar-refractivity contribution in [2.75, 3.05) is 44.5 Å². The molecule has 0 aliphatic carbocycles. The number of para-hydroxylation sites is 2. The minimum atomic E-state index is -4.61. The van der Waals surface area contributed by atoms with Crippen LogP contribution < -0.4 is 20.1 Å². The molecule has 0 unspecified atom stereocenters. The molecule has 4 aromatic rings. The van der Waals surface area contributed by atoms with Crippen molar-refractivity contribution in [1.82, 2.24) is 4.90 Å². The number of carbonyl (C=O) groups excluding carboxylic acids is 2. The number of carbonyl (C=O) groups is 2. The van der Waals surface area contributed by atoms with Gasteiger partial charge >= 0.3 is 12.4 Å². The fourth-order valence-corrected chi connectivity index (χ4v) is 4.50. The van der Waals surface area contributed by atoms with Gasteiger partial charge in [0.15, 0.2) is 0 Å². The summed E-state index contributed by atoms with van der Waals surface area (Å²) in [6.45, 7) is 4.56. The van der Waals surface area contributed by atoms with E-state index in [2.05, 4.69) is 10.6 Å². The quantitative estimate of drug-likeness (QED) is 0.159. The Morgan fingerprint density at radius 2 is 1.18 bits per heavy atom. The summed E-state index contributed by atoms with van der Waals surface area (Å²) in [6, 6.07) is 20.0. The predicted molar refractivity (Wildman–Crippen MR) is 183 cm³/mol. The van der Waals surface area contributed by atoms with E-state index in [1.54, 1.807) is 55.5 Å². The van der Waals surface area contributed by atoms with Gasteiger partial charge in [-0.1, -0.05) is 49.4 Å². The van der Waals surface area contributed by atoms with Crippen LogP contribution in [0.15, 0.2) is 84.9 Å². The lowest BCUT2D eigenvalue weighted by Crippen LogP contribution is -2.21. The first kappa shape index (κ1) is 41.4. The molecule has 2 N–H and O–H groups in total. The lowest BCUT2D eigenvalue weighted by atomic mass is 10.1. The predicted octanol–water partition coefficient (Wildman–Crippen LogP) is 9.85. The number of alkyl halides is 6. The third kappa shape index (κ3) is 12.0. The van der Waals surface area contributed by atoms with Gasteiger partial charge in [0.05, 0.1) is 33.9 Å². The second-order valence-electron chi connectivity index (χ2n) is 10.7. The van der Waals surface area contributed by atoms with Crippen LogP contribution in [-0.4, -0.2) is 50.6 Å². The molecule has 4 rings (SSSR count). The third-order valence-electron chi connectivity index (χ3n) is 6.69. The summed E-state index contributed by atoms with van der Waals surface area (Å²) in [5, 5.41) is 4.50. The zero-order chi connectivity index (χ0) is 36.4. The number of aryl methyl sites for hydroxylation is 1. The fraction of sp³-hybridized carbons (Fsp3) is 0.278. The summed E-state index contributed by atoms with van der Waals surface area (Å²) < 4.78 is 88.5. The second-order valence-corrected chi connectivity index (χ2v) is 11.1. The van der Waals surface area contributed by atoms with E-state index >= 15 is 0 Å². The maximum atomic E-state index is 12.9. The lowest BCUT2D eigenvalue weighted by Gasteiger charge is -2.15. The number of benzene rings is 4. The molecule has 0 radical (unpaired) electrons. The zero-order valence-electron chi connectivity index (χ0n) is 26.9. The van der Waals surface area contributed by atoms with Crippen molar-refractivity contribution >= 4 is 34.8 Å². The van der Waals surface area contributed by atoms with Gasteiger partial charge in [-0.2, -0.15) is 26.3 Å². The smallest absolute Gasteiger partial charge is 0.417 e. The van der Waals surface area contributed by atoms with Crippen LogP contribution in [-0.2, 0) is 12.4 Å². The molecular weight excluding hydrogens is 688 g/mol. The summed E-state index contributed by atoms with van der Waals surface area (Å²) >= 11 is 5.59. The molecule has 0 heterocycles. The maximum Gasteiger partial charge on any atom is 0.417 e. The first-order chi connectivity index (χ1) is 23.0. The zero-order valence-corrected chi connectivity index (χ0v) is 27.7. The topological polar surface area (TPSA) is 79.9 Å². The van der Waals surface area contributed by atoms with Crippen LogP contribution in [0.2, 0.25) is 5.02 Å². The van der Waals surface area contributed by atoms with Crippen LogP contribution in [0.3, 0.4) is 0 Å². The largest absolute Gasteiger partial charge is 0.493 e. The number of hydrogen-bond acceptors (Lipinski definition) is 5. The van der Waals surface area contributed by atoms with Crippen molar-refractivity contribution in [3.8, 4) is 11.5 Å². The fourth-order valence-electron chi connectivity index (χ4n) is 4.28. The molecule has 4 aromatic carbocycles. The van der Waals surface area contributed by atoms with E-state index in [1.807, 2.05) is 19.0 Å². The SMILES string of the molecule is C.CCOc1ccccc1C(=O)Nc1ccc(C)c(C(F)(F)F)c1.CN(C)CCOc1ccccc1C(=O)Nc1ccc(Cl)c(C(F)(F)F)c1. The number of anilines is 2. The highest BCUT2D eigenvalue weighted by Gasteiger charge is 2.34. The van der Waals surface area contributed by atoms with Crippen molar-refractivity contribution in [2.45, 2.75) is 33.6 Å². The third-order valence-corrected chi connectivity index (χ3v) is 7.02. The van der Waals surface area contributed by atoms with Gasteiger partial charge < -0.3 is 25.0 Å². The van der Waals surface area contributed by atoms with E-state index < -0.39 is 40.3 Å². The Labute approximate surface area is 292 Å². The number of ether oxygens (including phenoxy) is 2. The number of rotatable bonds is 10. The standard InChI is InChI=1S/C18H18ClF3N2O2.C17H16F3NO2.CH4/c1-24(2)9-10-26-16-6-4-3-5-13(16)17(25)23-12-7-8-15(19)14(11-12)18(20,21)22;1-3-23-15-7-5-4-6-13(15)16(22)21-12-9-8-11(2)14(10-12)17(18,19)20;/h3-8,11H,9-10H2,1-2H3,(H,23,25);4-10H,3H2,1-2H3,(H,21,22);1H4. The van der Waals surface area contributed by atoms with Crippen molar-refractivity contribution in [1.29, 1.82) is 0 Å². The molecule has 0 spiro atoms. The molecule has 0 aliphatic rings. The minimum Gasteiger partial charge on any atom is -0.493 e. The van der Waals surface area contributed by atoms with Crippen LogP contribution in [0, 0.1) is 6.92 Å². The summed E-state index contributed by atoms with van der Waals surface area (Å²) in [4.78, 5) is 26.7. The van der Waals surface area contributed by atoms with Gasteiger partial charge in [0.2, 0.25) is 0 Å². The second kappa shape index (κ2) is 18.3. The van der Waals surface area contributed by atoms with Crippen LogP contribution in [0.4, 0.5) is 37.7 Å². The molecule has 0 saturated heterocycles. The Morgan fingerprint density at radius 1 is 0.720 bits per heavy atom. The highest BCUT2D eigenvalue weighted by atomic mass is 35.5. The highest BCUT2D eigenvalue weighted by Crippen LogP contribution is 2.37. The minimum absolute atomic E-state index is 0. The summed E-state index contributed by atoms with van der Waals surface area (Å²) in [7, 11) is 3.78. The van der Waals surface area contributed by atoms with E-state index in [0.717, 1.165) is 18.2 Å². The molecule has 0 bridgehead atoms. The molecular formula is C36H38ClF6N3O4. The van der Waals surface area contributed by atoms with Crippen molar-refractivity contribution in [3.63, 3.8) is 0 Å². The first-order valence-electron chi connectivity index (χ1n) is 14.8. The summed E-state index contributed by atoms with van der Waals surface area (Å²) in [5.41, 5.74) is -1.10. The van der Waals surface area contributed by atoms with Crippen LogP contribution >= 0.6 is 11.6 Å². The Kier molecular flexibility index (Phi) is 15.2. The van der Waals surface area contributed by atoms with Crippen LogP contribution in [0.5, 0.6) is 11.5 Å². The van der Waals surface area contributed by atoms with Crippen LogP contribution in [0.25, 0.3) is 0 Å². The number of nitrogens with zero attached hydrogens (tertiary/aromatic N) is 1. The monoisotopic (exact) mass is 725 g/mol. The van der Waals surface area contributed by atoms with Crippen molar-refractivity contribution in [3.05, 3.63) is 118 Å². The normalized spacial score (nSPS) is 11.1. The molecule has 0 saturated carbocycles. The van der Waals surface area contributed by atoms with Gasteiger partial charge in [0.25, 0.3) is 11.8 Å². The van der Waals surface area contributed by atoms with E-state index in [1.165, 1.54) is 25.1 Å². The van der Waals surface area contributed by atoms with Gasteiger partial charge in [-0.25, -0.2) is 0 Å². The Hall–Kier alpha value is -4.75. The number of hydrogen-bond donors (Lipinski definition) is 2. The number of likely N-dealkylation sites (N-methyl/N-ethyl adjacent to an activating group) is 1. The van der Waals surface area contributed by atoms with E-state index in [-0.39, 0.29) is 35.5 Å². The van der Waals surface area contributed by atoms with Gasteiger partial charge in [0.1, 0.15) is 18.1 Å². The first-order valence-corrected chi connectivity index (χ1v) is 15.1. The van der Waals surface area contributed by atoms with Gasteiger partial charge in [0, 0.05) is 17.9 Å². The van der Waals surface area contributed by atoms with E-state index in [4.69, 9.17) is 21.1 Å². The molecule has 0 aliphatic heterocycles.